The molecule has 1 heterocycles. The lowest BCUT2D eigenvalue weighted by molar-refractivity contribution is 0.484. The molecule has 0 aliphatic rings. The molecule has 0 fully saturated rings. The smallest absolute Gasteiger partial charge is 0.125 e. The Bertz CT molecular complexity index is 560. The molecule has 1 N–H and O–H groups in total. The fourth-order valence-corrected chi connectivity index (χ4v) is 2.39. The first kappa shape index (κ1) is 14.2. The Kier molecular flexibility index (Phi) is 4.67. The molecule has 102 valence electrons. The van der Waals surface area contributed by atoms with Gasteiger partial charge in [0.05, 0.1) is 12.8 Å². The average molecular weight is 278 g/mol. The van der Waals surface area contributed by atoms with Gasteiger partial charge in [-0.3, -0.25) is 0 Å². The molecule has 0 bridgehead atoms. The molecular weight excluding hydrogens is 258 g/mol. The highest BCUT2D eigenvalue weighted by Crippen LogP contribution is 2.31. The lowest BCUT2D eigenvalue weighted by Crippen LogP contribution is -2.13. The molecule has 0 aliphatic carbocycles. The predicted molar refractivity (Wildman–Crippen MR) is 80.6 cm³/mol. The van der Waals surface area contributed by atoms with E-state index in [0.29, 0.717) is 0 Å². The van der Waals surface area contributed by atoms with Crippen molar-refractivity contribution >= 4 is 11.6 Å². The Morgan fingerprint density at radius 1 is 1.16 bits per heavy atom. The molecule has 0 aliphatic heterocycles. The topological polar surface area (TPSA) is 25.2 Å². The van der Waals surface area contributed by atoms with Crippen molar-refractivity contribution in [2.45, 2.75) is 33.7 Å². The van der Waals surface area contributed by atoms with Crippen molar-refractivity contribution in [1.29, 1.82) is 0 Å². The van der Waals surface area contributed by atoms with Crippen molar-refractivity contribution in [1.82, 2.24) is 5.32 Å². The quantitative estimate of drug-likeness (QED) is 0.800. The van der Waals surface area contributed by atoms with E-state index in [9.17, 15) is 0 Å². The summed E-state index contributed by atoms with van der Waals surface area (Å²) in [6.45, 7) is 8.02. The van der Waals surface area contributed by atoms with Crippen molar-refractivity contribution in [2.24, 2.45) is 0 Å². The molecule has 0 saturated heterocycles. The molecule has 1 aromatic heterocycles. The van der Waals surface area contributed by atoms with Gasteiger partial charge >= 0.3 is 0 Å². The molecule has 0 unspecified atom stereocenters. The minimum absolute atomic E-state index is 0.761. The minimum Gasteiger partial charge on any atom is -0.467 e. The van der Waals surface area contributed by atoms with Crippen LogP contribution >= 0.6 is 11.6 Å². The Morgan fingerprint density at radius 3 is 2.68 bits per heavy atom. The molecule has 19 heavy (non-hydrogen) atoms. The number of benzene rings is 1. The van der Waals surface area contributed by atoms with E-state index in [0.717, 1.165) is 41.4 Å². The molecule has 2 nitrogen and oxygen atoms in total. The summed E-state index contributed by atoms with van der Waals surface area (Å²) in [7, 11) is 0. The second-order valence-corrected chi connectivity index (χ2v) is 5.26. The van der Waals surface area contributed by atoms with Crippen molar-refractivity contribution in [3.05, 3.63) is 46.4 Å². The Hall–Kier alpha value is -1.25. The lowest BCUT2D eigenvalue weighted by Gasteiger charge is -2.09. The highest BCUT2D eigenvalue weighted by molar-refractivity contribution is 6.31. The third-order valence-electron chi connectivity index (χ3n) is 3.25. The lowest BCUT2D eigenvalue weighted by atomic mass is 9.98. The Balaban J connectivity index is 2.32. The van der Waals surface area contributed by atoms with Gasteiger partial charge in [-0.2, -0.15) is 0 Å². The summed E-state index contributed by atoms with van der Waals surface area (Å²) in [6.07, 6.45) is 2.87. The highest BCUT2D eigenvalue weighted by Gasteiger charge is 2.12. The zero-order valence-electron chi connectivity index (χ0n) is 11.7. The fraction of sp³-hybridized carbons (Fsp3) is 0.375. The van der Waals surface area contributed by atoms with Crippen LogP contribution in [-0.2, 0) is 6.54 Å². The van der Waals surface area contributed by atoms with E-state index in [4.69, 9.17) is 16.0 Å². The number of hydrogen-bond acceptors (Lipinski definition) is 2. The molecule has 3 heteroatoms. The Morgan fingerprint density at radius 2 is 1.95 bits per heavy atom. The maximum Gasteiger partial charge on any atom is 0.125 e. The summed E-state index contributed by atoms with van der Waals surface area (Å²) >= 11 is 6.15. The van der Waals surface area contributed by atoms with E-state index in [2.05, 4.69) is 25.2 Å². The summed E-state index contributed by atoms with van der Waals surface area (Å²) in [6, 6.07) is 6.17. The van der Waals surface area contributed by atoms with Crippen LogP contribution in [0.2, 0.25) is 5.02 Å². The molecule has 0 spiro atoms. The standard InChI is InChI=1S/C16H20ClNO/c1-4-6-18-10-16-13(5-7-19-16)14-8-12(3)15(17)9-11(14)2/h5,7-9,18H,4,6,10H2,1-3H3. The van der Waals surface area contributed by atoms with Gasteiger partial charge < -0.3 is 9.73 Å². The number of furan rings is 1. The van der Waals surface area contributed by atoms with Crippen molar-refractivity contribution in [3.8, 4) is 11.1 Å². The van der Waals surface area contributed by atoms with Crippen LogP contribution in [-0.4, -0.2) is 6.54 Å². The first-order valence-corrected chi connectivity index (χ1v) is 7.05. The van der Waals surface area contributed by atoms with Gasteiger partial charge in [-0.05, 0) is 61.7 Å². The molecule has 2 aromatic rings. The molecule has 0 atom stereocenters. The van der Waals surface area contributed by atoms with Crippen molar-refractivity contribution in [2.75, 3.05) is 6.54 Å². The first-order chi connectivity index (χ1) is 9.13. The number of hydrogen-bond donors (Lipinski definition) is 1. The van der Waals surface area contributed by atoms with Gasteiger partial charge in [0.25, 0.3) is 0 Å². The highest BCUT2D eigenvalue weighted by atomic mass is 35.5. The number of rotatable bonds is 5. The summed E-state index contributed by atoms with van der Waals surface area (Å²) in [5.74, 6) is 0.985. The Labute approximate surface area is 119 Å². The summed E-state index contributed by atoms with van der Waals surface area (Å²) < 4.78 is 5.60. The van der Waals surface area contributed by atoms with Gasteiger partial charge in [-0.1, -0.05) is 18.5 Å². The van der Waals surface area contributed by atoms with E-state index in [1.165, 1.54) is 11.1 Å². The van der Waals surface area contributed by atoms with E-state index >= 15 is 0 Å². The third-order valence-corrected chi connectivity index (χ3v) is 3.66. The van der Waals surface area contributed by atoms with Crippen LogP contribution in [0, 0.1) is 13.8 Å². The monoisotopic (exact) mass is 277 g/mol. The molecule has 0 amide bonds. The van der Waals surface area contributed by atoms with Gasteiger partial charge in [-0.15, -0.1) is 0 Å². The second kappa shape index (κ2) is 6.27. The van der Waals surface area contributed by atoms with E-state index in [1.807, 2.05) is 19.1 Å². The molecule has 2 rings (SSSR count). The molecule has 1 aromatic carbocycles. The van der Waals surface area contributed by atoms with Gasteiger partial charge in [0.15, 0.2) is 0 Å². The SMILES string of the molecule is CCCNCc1occc1-c1cc(C)c(Cl)cc1C. The predicted octanol–water partition coefficient (Wildman–Crippen LogP) is 4.72. The normalized spacial score (nSPS) is 10.9. The summed E-state index contributed by atoms with van der Waals surface area (Å²) in [5.41, 5.74) is 4.62. The van der Waals surface area contributed by atoms with E-state index < -0.39 is 0 Å². The van der Waals surface area contributed by atoms with Crippen LogP contribution in [0.5, 0.6) is 0 Å². The summed E-state index contributed by atoms with van der Waals surface area (Å²) in [4.78, 5) is 0. The number of halogens is 1. The van der Waals surface area contributed by atoms with Gasteiger partial charge in [-0.25, -0.2) is 0 Å². The maximum absolute atomic E-state index is 6.15. The zero-order valence-corrected chi connectivity index (χ0v) is 12.5. The van der Waals surface area contributed by atoms with Gasteiger partial charge in [0.2, 0.25) is 0 Å². The molecular formula is C16H20ClNO. The largest absolute Gasteiger partial charge is 0.467 e. The molecule has 0 saturated carbocycles. The van der Waals surface area contributed by atoms with Crippen LogP contribution in [0.15, 0.2) is 28.9 Å². The second-order valence-electron chi connectivity index (χ2n) is 4.85. The van der Waals surface area contributed by atoms with E-state index in [1.54, 1.807) is 6.26 Å². The van der Waals surface area contributed by atoms with Crippen LogP contribution in [0.1, 0.15) is 30.2 Å². The first-order valence-electron chi connectivity index (χ1n) is 6.67. The average Bonchev–Trinajstić information content (AvgIpc) is 2.82. The molecule has 0 radical (unpaired) electrons. The van der Waals surface area contributed by atoms with Gasteiger partial charge in [0.1, 0.15) is 5.76 Å². The van der Waals surface area contributed by atoms with Crippen LogP contribution in [0.25, 0.3) is 11.1 Å². The van der Waals surface area contributed by atoms with E-state index in [-0.39, 0.29) is 0 Å². The van der Waals surface area contributed by atoms with Crippen LogP contribution in [0.4, 0.5) is 0 Å². The van der Waals surface area contributed by atoms with Crippen LogP contribution < -0.4 is 5.32 Å². The number of aryl methyl sites for hydroxylation is 2. The third kappa shape index (κ3) is 3.20. The van der Waals surface area contributed by atoms with Crippen LogP contribution in [0.3, 0.4) is 0 Å². The van der Waals surface area contributed by atoms with Crippen molar-refractivity contribution in [3.63, 3.8) is 0 Å². The summed E-state index contributed by atoms with van der Waals surface area (Å²) in [5, 5.41) is 4.19. The zero-order chi connectivity index (χ0) is 13.8. The van der Waals surface area contributed by atoms with Gasteiger partial charge in [0, 0.05) is 10.6 Å². The maximum atomic E-state index is 6.15. The van der Waals surface area contributed by atoms with Crippen molar-refractivity contribution < 1.29 is 4.42 Å². The number of nitrogens with one attached hydrogen (secondary N) is 1. The minimum atomic E-state index is 0.761. The fourth-order valence-electron chi connectivity index (χ4n) is 2.17.